The number of nitrogens with one attached hydrogen (secondary N) is 1. The maximum Gasteiger partial charge on any atom is 0.404 e. The summed E-state index contributed by atoms with van der Waals surface area (Å²) >= 11 is 6.45. The predicted octanol–water partition coefficient (Wildman–Crippen LogP) is 4.42. The number of carbonyl (C=O) groups excluding carboxylic acids is 3. The topological polar surface area (TPSA) is 137 Å². The van der Waals surface area contributed by atoms with Gasteiger partial charge in [-0.2, -0.15) is 0 Å². The molecule has 0 fully saturated rings. The van der Waals surface area contributed by atoms with Crippen molar-refractivity contribution in [1.82, 2.24) is 0 Å². The summed E-state index contributed by atoms with van der Waals surface area (Å²) in [6.45, 7) is 5.52. The van der Waals surface area contributed by atoms with Crippen LogP contribution in [0.15, 0.2) is 23.8 Å². The Morgan fingerprint density at radius 2 is 1.84 bits per heavy atom. The molecular formula is C27H39ClN2O7. The van der Waals surface area contributed by atoms with Crippen LogP contribution in [0.1, 0.15) is 58.4 Å². The maximum absolute atomic E-state index is 13.0. The number of amides is 2. The second-order valence-electron chi connectivity index (χ2n) is 9.81. The Morgan fingerprint density at radius 1 is 1.14 bits per heavy atom. The highest BCUT2D eigenvalue weighted by molar-refractivity contribution is 6.35. The average Bonchev–Trinajstić information content (AvgIpc) is 2.82. The zero-order chi connectivity index (χ0) is 27.7. The first-order valence-corrected chi connectivity index (χ1v) is 12.9. The molecule has 1 unspecified atom stereocenters. The van der Waals surface area contributed by atoms with Crippen LogP contribution in [0.3, 0.4) is 0 Å². The number of carbonyl (C=O) groups is 3. The molecule has 2 bridgehead atoms. The summed E-state index contributed by atoms with van der Waals surface area (Å²) in [5.41, 5.74) is 7.09. The van der Waals surface area contributed by atoms with Crippen molar-refractivity contribution in [2.24, 2.45) is 17.6 Å². The summed E-state index contributed by atoms with van der Waals surface area (Å²) < 4.78 is 16.1. The molecule has 0 aromatic heterocycles. The fourth-order valence-electron chi connectivity index (χ4n) is 4.56. The van der Waals surface area contributed by atoms with E-state index < -0.39 is 36.2 Å². The van der Waals surface area contributed by atoms with E-state index in [-0.39, 0.29) is 29.6 Å². The first-order chi connectivity index (χ1) is 17.4. The SMILES string of the molecule is COc1cc2cc(c1Cl)NC(=O)C[C@H](O)/C(C)=C/[C@H](C)[C@@H](OC(N)=O)CC(=O)[C@H](OC)CCCC(C)C2. The van der Waals surface area contributed by atoms with Gasteiger partial charge in [0.15, 0.2) is 5.78 Å². The number of anilines is 1. The van der Waals surface area contributed by atoms with Crippen LogP contribution >= 0.6 is 11.6 Å². The van der Waals surface area contributed by atoms with E-state index in [0.29, 0.717) is 29.9 Å². The molecule has 1 aliphatic heterocycles. The zero-order valence-corrected chi connectivity index (χ0v) is 23.0. The smallest absolute Gasteiger partial charge is 0.404 e. The van der Waals surface area contributed by atoms with Gasteiger partial charge < -0.3 is 30.4 Å². The van der Waals surface area contributed by atoms with Crippen LogP contribution in [0.4, 0.5) is 10.5 Å². The van der Waals surface area contributed by atoms with E-state index in [0.717, 1.165) is 18.4 Å². The number of aliphatic hydroxyl groups excluding tert-OH is 1. The molecule has 1 aliphatic rings. The highest BCUT2D eigenvalue weighted by Gasteiger charge is 2.28. The van der Waals surface area contributed by atoms with E-state index in [4.69, 9.17) is 31.5 Å². The average molecular weight is 539 g/mol. The van der Waals surface area contributed by atoms with Gasteiger partial charge in [-0.15, -0.1) is 0 Å². The third kappa shape index (κ3) is 9.32. The normalized spacial score (nSPS) is 28.1. The number of primary amides is 1. The first kappa shape index (κ1) is 30.6. The Kier molecular flexibility index (Phi) is 11.9. The lowest BCUT2D eigenvalue weighted by Crippen LogP contribution is -2.34. The minimum atomic E-state index is -1.11. The minimum absolute atomic E-state index is 0.0807. The number of halogens is 1. The number of Topliss-reactive ketones (excluding diaryl/α,β-unsaturated/α-hetero) is 1. The van der Waals surface area contributed by atoms with Gasteiger partial charge >= 0.3 is 6.09 Å². The van der Waals surface area contributed by atoms with E-state index in [1.807, 2.05) is 12.1 Å². The van der Waals surface area contributed by atoms with E-state index in [9.17, 15) is 19.5 Å². The highest BCUT2D eigenvalue weighted by atomic mass is 35.5. The number of benzene rings is 1. The molecule has 0 saturated heterocycles. The lowest BCUT2D eigenvalue weighted by atomic mass is 9.91. The second-order valence-corrected chi connectivity index (χ2v) is 10.2. The fraction of sp³-hybridized carbons (Fsp3) is 0.593. The van der Waals surface area contributed by atoms with Crippen LogP contribution in [0, 0.1) is 11.8 Å². The van der Waals surface area contributed by atoms with Crippen molar-refractivity contribution in [3.05, 3.63) is 34.4 Å². The van der Waals surface area contributed by atoms with Crippen molar-refractivity contribution < 1.29 is 33.7 Å². The zero-order valence-electron chi connectivity index (χ0n) is 22.2. The molecule has 2 rings (SSSR count). The monoisotopic (exact) mass is 538 g/mol. The van der Waals surface area contributed by atoms with E-state index in [1.54, 1.807) is 19.9 Å². The van der Waals surface area contributed by atoms with E-state index in [1.165, 1.54) is 14.2 Å². The van der Waals surface area contributed by atoms with Gasteiger partial charge in [-0.1, -0.05) is 44.4 Å². The number of methoxy groups -OCH3 is 2. The molecule has 1 aromatic rings. The van der Waals surface area contributed by atoms with Gasteiger partial charge in [-0.05, 0) is 49.0 Å². The van der Waals surface area contributed by atoms with Gasteiger partial charge in [-0.25, -0.2) is 4.79 Å². The molecule has 0 radical (unpaired) electrons. The Morgan fingerprint density at radius 3 is 2.46 bits per heavy atom. The number of hydrogen-bond donors (Lipinski definition) is 3. The minimum Gasteiger partial charge on any atom is -0.495 e. The number of ether oxygens (including phenoxy) is 3. The van der Waals surface area contributed by atoms with Crippen molar-refractivity contribution in [1.29, 1.82) is 0 Å². The molecule has 37 heavy (non-hydrogen) atoms. The van der Waals surface area contributed by atoms with E-state index >= 15 is 0 Å². The summed E-state index contributed by atoms with van der Waals surface area (Å²) in [7, 11) is 3.00. The maximum atomic E-state index is 13.0. The highest BCUT2D eigenvalue weighted by Crippen LogP contribution is 2.35. The number of hydrogen-bond acceptors (Lipinski definition) is 7. The van der Waals surface area contributed by atoms with Crippen LogP contribution < -0.4 is 15.8 Å². The Labute approximate surface area is 223 Å². The Hall–Kier alpha value is -2.62. The second kappa shape index (κ2) is 14.4. The summed E-state index contributed by atoms with van der Waals surface area (Å²) in [6.07, 6.45) is 0.613. The van der Waals surface area contributed by atoms with Crippen molar-refractivity contribution in [3.8, 4) is 5.75 Å². The van der Waals surface area contributed by atoms with Gasteiger partial charge in [0, 0.05) is 19.4 Å². The van der Waals surface area contributed by atoms with Crippen molar-refractivity contribution in [2.75, 3.05) is 19.5 Å². The van der Waals surface area contributed by atoms with Crippen LogP contribution in [0.2, 0.25) is 5.02 Å². The number of fused-ring (bicyclic) bond motifs is 2. The lowest BCUT2D eigenvalue weighted by molar-refractivity contribution is -0.131. The molecule has 1 aromatic carbocycles. The van der Waals surface area contributed by atoms with Gasteiger partial charge in [0.05, 0.1) is 25.3 Å². The van der Waals surface area contributed by atoms with Gasteiger partial charge in [0.25, 0.3) is 0 Å². The van der Waals surface area contributed by atoms with Gasteiger partial charge in [0.1, 0.15) is 23.0 Å². The van der Waals surface area contributed by atoms with Crippen molar-refractivity contribution in [3.63, 3.8) is 0 Å². The third-order valence-electron chi connectivity index (χ3n) is 6.67. The number of rotatable bonds is 3. The quantitative estimate of drug-likeness (QED) is 0.484. The first-order valence-electron chi connectivity index (χ1n) is 12.5. The third-order valence-corrected chi connectivity index (χ3v) is 7.06. The molecular weight excluding hydrogens is 500 g/mol. The number of ketones is 1. The molecule has 9 nitrogen and oxygen atoms in total. The molecule has 2 amide bonds. The summed E-state index contributed by atoms with van der Waals surface area (Å²) in [6, 6.07) is 3.66. The number of aliphatic hydroxyl groups is 1. The molecule has 0 spiro atoms. The lowest BCUT2D eigenvalue weighted by Gasteiger charge is -2.24. The molecule has 1 heterocycles. The van der Waals surface area contributed by atoms with Gasteiger partial charge in [-0.3, -0.25) is 9.59 Å². The summed E-state index contributed by atoms with van der Waals surface area (Å²) in [5, 5.41) is 13.7. The van der Waals surface area contributed by atoms with E-state index in [2.05, 4.69) is 12.2 Å². The largest absolute Gasteiger partial charge is 0.495 e. The predicted molar refractivity (Wildman–Crippen MR) is 142 cm³/mol. The van der Waals surface area contributed by atoms with Crippen molar-refractivity contribution >= 4 is 35.1 Å². The van der Waals surface area contributed by atoms with Crippen molar-refractivity contribution in [2.45, 2.75) is 77.6 Å². The molecule has 5 atom stereocenters. The summed E-state index contributed by atoms with van der Waals surface area (Å²) in [5.74, 6) is -0.358. The Bertz CT molecular complexity index is 997. The standard InChI is InChI=1S/C27H39ClN2O7/c1-15-7-6-8-22(35-4)21(32)13-23(37-27(29)34)17(3)10-16(2)20(31)14-25(33)30-19-11-18(9-15)12-24(36-5)26(19)28/h10-12,15,17,20,22-23,31H,6-9,13-14H2,1-5H3,(H2,29,34)(H,30,33)/b16-10+/t15?,17-,20-,22+,23-/m0/s1. The number of nitrogens with two attached hydrogens (primary N) is 1. The molecule has 0 aliphatic carbocycles. The summed E-state index contributed by atoms with van der Waals surface area (Å²) in [4.78, 5) is 37.3. The van der Waals surface area contributed by atoms with Crippen LogP contribution in [-0.4, -0.2) is 55.4 Å². The van der Waals surface area contributed by atoms with Crippen LogP contribution in [0.5, 0.6) is 5.75 Å². The Balaban J connectivity index is 2.40. The molecule has 4 N–H and O–H groups in total. The van der Waals surface area contributed by atoms with Crippen LogP contribution in [-0.2, 0) is 25.5 Å². The molecule has 0 saturated carbocycles. The van der Waals surface area contributed by atoms with Crippen LogP contribution in [0.25, 0.3) is 0 Å². The fourth-order valence-corrected chi connectivity index (χ4v) is 4.80. The molecule has 10 heteroatoms. The van der Waals surface area contributed by atoms with Gasteiger partial charge in [0.2, 0.25) is 5.91 Å². The molecule has 206 valence electrons.